The Hall–Kier alpha value is -0.120. The minimum absolute atomic E-state index is 0.459. The van der Waals surface area contributed by atoms with Crippen molar-refractivity contribution >= 4 is 0 Å². The summed E-state index contributed by atoms with van der Waals surface area (Å²) >= 11 is 0. The Morgan fingerprint density at radius 3 is 2.38 bits per heavy atom. The molecule has 1 saturated heterocycles. The molecule has 2 unspecified atom stereocenters. The molecular weight excluding hydrogens is 258 g/mol. The highest BCUT2D eigenvalue weighted by atomic mass is 15.2. The molecule has 1 aliphatic heterocycles. The highest BCUT2D eigenvalue weighted by molar-refractivity contribution is 5.01. The van der Waals surface area contributed by atoms with Gasteiger partial charge in [0.25, 0.3) is 0 Å². The number of nitrogens with zero attached hydrogens (tertiary/aromatic N) is 2. The van der Waals surface area contributed by atoms with E-state index in [2.05, 4.69) is 50.0 Å². The van der Waals surface area contributed by atoms with Crippen LogP contribution in [0.2, 0.25) is 0 Å². The highest BCUT2D eigenvalue weighted by Gasteiger charge is 2.44. The van der Waals surface area contributed by atoms with E-state index in [4.69, 9.17) is 0 Å². The summed E-state index contributed by atoms with van der Waals surface area (Å²) in [6, 6.07) is 1.45. The molecule has 1 aliphatic carbocycles. The van der Waals surface area contributed by atoms with Gasteiger partial charge >= 0.3 is 0 Å². The predicted octanol–water partition coefficient (Wildman–Crippen LogP) is 2.82. The van der Waals surface area contributed by atoms with Gasteiger partial charge in [-0.3, -0.25) is 4.90 Å². The predicted molar refractivity (Wildman–Crippen MR) is 91.7 cm³/mol. The maximum atomic E-state index is 3.86. The summed E-state index contributed by atoms with van der Waals surface area (Å²) < 4.78 is 0. The van der Waals surface area contributed by atoms with E-state index < -0.39 is 0 Å². The lowest BCUT2D eigenvalue weighted by atomic mass is 9.85. The summed E-state index contributed by atoms with van der Waals surface area (Å²) in [5.41, 5.74) is 0.459. The molecule has 0 aromatic heterocycles. The third-order valence-corrected chi connectivity index (χ3v) is 5.67. The molecule has 1 heterocycles. The molecule has 0 aromatic rings. The lowest BCUT2D eigenvalue weighted by Crippen LogP contribution is -2.54. The summed E-state index contributed by atoms with van der Waals surface area (Å²) in [5, 5.41) is 3.86. The Balaban J connectivity index is 1.89. The van der Waals surface area contributed by atoms with E-state index in [0.29, 0.717) is 11.5 Å². The summed E-state index contributed by atoms with van der Waals surface area (Å²) in [6.07, 6.45) is 6.76. The molecule has 21 heavy (non-hydrogen) atoms. The molecule has 0 bridgehead atoms. The van der Waals surface area contributed by atoms with Crippen LogP contribution in [0.4, 0.5) is 0 Å². The molecule has 2 fully saturated rings. The van der Waals surface area contributed by atoms with Gasteiger partial charge in [0.2, 0.25) is 0 Å². The Kier molecular flexibility index (Phi) is 6.10. The number of likely N-dealkylation sites (tertiary alicyclic amines) is 1. The molecule has 3 nitrogen and oxygen atoms in total. The standard InChI is InChI=1S/C18H37N3/c1-6-11-19-17-16(7-10-18(17,2)3)21-12-8-15(9-13-21)14-20(4)5/h15-17,19H,6-14H2,1-5H3. The van der Waals surface area contributed by atoms with Gasteiger partial charge in [-0.25, -0.2) is 0 Å². The number of piperidine rings is 1. The van der Waals surface area contributed by atoms with Crippen LogP contribution in [0.15, 0.2) is 0 Å². The van der Waals surface area contributed by atoms with Crippen molar-refractivity contribution in [2.75, 3.05) is 40.3 Å². The van der Waals surface area contributed by atoms with Crippen molar-refractivity contribution in [2.45, 2.75) is 65.0 Å². The van der Waals surface area contributed by atoms with Crippen molar-refractivity contribution < 1.29 is 0 Å². The fraction of sp³-hybridized carbons (Fsp3) is 1.00. The normalized spacial score (nSPS) is 31.1. The van der Waals surface area contributed by atoms with Crippen LogP contribution in [0.5, 0.6) is 0 Å². The van der Waals surface area contributed by atoms with Crippen LogP contribution in [-0.2, 0) is 0 Å². The summed E-state index contributed by atoms with van der Waals surface area (Å²) in [6.45, 7) is 12.2. The summed E-state index contributed by atoms with van der Waals surface area (Å²) in [5.74, 6) is 0.910. The first-order valence-corrected chi connectivity index (χ1v) is 9.06. The van der Waals surface area contributed by atoms with Crippen molar-refractivity contribution in [1.29, 1.82) is 0 Å². The third-order valence-electron chi connectivity index (χ3n) is 5.67. The van der Waals surface area contributed by atoms with E-state index in [1.165, 1.54) is 58.3 Å². The fourth-order valence-electron chi connectivity index (χ4n) is 4.45. The van der Waals surface area contributed by atoms with E-state index in [9.17, 15) is 0 Å². The number of nitrogens with one attached hydrogen (secondary N) is 1. The van der Waals surface area contributed by atoms with Gasteiger partial charge in [-0.15, -0.1) is 0 Å². The molecular formula is C18H37N3. The van der Waals surface area contributed by atoms with Crippen LogP contribution in [0.3, 0.4) is 0 Å². The minimum atomic E-state index is 0.459. The van der Waals surface area contributed by atoms with Gasteiger partial charge in [0.15, 0.2) is 0 Å². The molecule has 0 spiro atoms. The van der Waals surface area contributed by atoms with Crippen LogP contribution in [0.1, 0.15) is 52.9 Å². The smallest absolute Gasteiger partial charge is 0.0274 e. The molecule has 124 valence electrons. The largest absolute Gasteiger partial charge is 0.312 e. The topological polar surface area (TPSA) is 18.5 Å². The van der Waals surface area contributed by atoms with E-state index in [-0.39, 0.29) is 0 Å². The van der Waals surface area contributed by atoms with E-state index in [1.807, 2.05) is 0 Å². The number of hydrogen-bond acceptors (Lipinski definition) is 3. The number of hydrogen-bond donors (Lipinski definition) is 1. The molecule has 3 heteroatoms. The Morgan fingerprint density at radius 2 is 1.81 bits per heavy atom. The molecule has 1 N–H and O–H groups in total. The molecule has 2 aliphatic rings. The van der Waals surface area contributed by atoms with Gasteiger partial charge in [0.05, 0.1) is 0 Å². The van der Waals surface area contributed by atoms with Gasteiger partial charge in [-0.1, -0.05) is 20.8 Å². The van der Waals surface area contributed by atoms with Crippen molar-refractivity contribution in [1.82, 2.24) is 15.1 Å². The second kappa shape index (κ2) is 7.43. The average Bonchev–Trinajstić information content (AvgIpc) is 2.72. The van der Waals surface area contributed by atoms with Crippen molar-refractivity contribution in [2.24, 2.45) is 11.3 Å². The van der Waals surface area contributed by atoms with Gasteiger partial charge in [0, 0.05) is 18.6 Å². The highest BCUT2D eigenvalue weighted by Crippen LogP contribution is 2.40. The molecule has 0 radical (unpaired) electrons. The molecule has 0 amide bonds. The third kappa shape index (κ3) is 4.43. The Labute approximate surface area is 132 Å². The Morgan fingerprint density at radius 1 is 1.14 bits per heavy atom. The summed E-state index contributed by atoms with van der Waals surface area (Å²) in [7, 11) is 4.41. The zero-order valence-corrected chi connectivity index (χ0v) is 15.0. The lowest BCUT2D eigenvalue weighted by Gasteiger charge is -2.41. The van der Waals surface area contributed by atoms with E-state index in [0.717, 1.165) is 12.0 Å². The monoisotopic (exact) mass is 295 g/mol. The van der Waals surface area contributed by atoms with Crippen LogP contribution in [-0.4, -0.2) is 62.2 Å². The van der Waals surface area contributed by atoms with Gasteiger partial charge in [-0.2, -0.15) is 0 Å². The van der Waals surface area contributed by atoms with Gasteiger partial charge in [-0.05, 0) is 77.2 Å². The van der Waals surface area contributed by atoms with Crippen molar-refractivity contribution in [3.05, 3.63) is 0 Å². The minimum Gasteiger partial charge on any atom is -0.312 e. The average molecular weight is 296 g/mol. The first kappa shape index (κ1) is 17.2. The summed E-state index contributed by atoms with van der Waals surface area (Å²) in [4.78, 5) is 5.15. The quantitative estimate of drug-likeness (QED) is 0.813. The molecule has 1 saturated carbocycles. The van der Waals surface area contributed by atoms with E-state index in [1.54, 1.807) is 0 Å². The second-order valence-corrected chi connectivity index (χ2v) is 8.27. The van der Waals surface area contributed by atoms with Crippen LogP contribution in [0.25, 0.3) is 0 Å². The SMILES string of the molecule is CCCNC1C(N2CCC(CN(C)C)CC2)CCC1(C)C. The maximum absolute atomic E-state index is 3.86. The Bertz CT molecular complexity index is 306. The zero-order chi connectivity index (χ0) is 15.5. The maximum Gasteiger partial charge on any atom is 0.0274 e. The van der Waals surface area contributed by atoms with Crippen molar-refractivity contribution in [3.63, 3.8) is 0 Å². The lowest BCUT2D eigenvalue weighted by molar-refractivity contribution is 0.0938. The van der Waals surface area contributed by atoms with Crippen LogP contribution in [0, 0.1) is 11.3 Å². The van der Waals surface area contributed by atoms with Crippen LogP contribution >= 0.6 is 0 Å². The molecule has 0 aromatic carbocycles. The zero-order valence-electron chi connectivity index (χ0n) is 15.0. The fourth-order valence-corrected chi connectivity index (χ4v) is 4.45. The van der Waals surface area contributed by atoms with E-state index >= 15 is 0 Å². The first-order chi connectivity index (χ1) is 9.94. The molecule has 2 rings (SSSR count). The van der Waals surface area contributed by atoms with Crippen molar-refractivity contribution in [3.8, 4) is 0 Å². The second-order valence-electron chi connectivity index (χ2n) is 8.27. The molecule has 2 atom stereocenters. The van der Waals surface area contributed by atoms with Gasteiger partial charge in [0.1, 0.15) is 0 Å². The first-order valence-electron chi connectivity index (χ1n) is 9.06. The van der Waals surface area contributed by atoms with Gasteiger partial charge < -0.3 is 10.2 Å². The van der Waals surface area contributed by atoms with Crippen LogP contribution < -0.4 is 5.32 Å². The number of rotatable bonds is 6.